The van der Waals surface area contributed by atoms with Crippen LogP contribution >= 0.6 is 0 Å². The van der Waals surface area contributed by atoms with Crippen LogP contribution < -0.4 is 11.1 Å². The summed E-state index contributed by atoms with van der Waals surface area (Å²) >= 11 is 0. The highest BCUT2D eigenvalue weighted by Gasteiger charge is 2.30. The van der Waals surface area contributed by atoms with Gasteiger partial charge in [-0.25, -0.2) is 19.3 Å². The Kier molecular flexibility index (Phi) is 6.07. The van der Waals surface area contributed by atoms with Crippen molar-refractivity contribution in [1.29, 1.82) is 5.26 Å². The largest absolute Gasteiger partial charge is 0.369 e. The van der Waals surface area contributed by atoms with Gasteiger partial charge in [0.15, 0.2) is 0 Å². The van der Waals surface area contributed by atoms with Gasteiger partial charge >= 0.3 is 0 Å². The number of pyridine rings is 1. The predicted molar refractivity (Wildman–Crippen MR) is 134 cm³/mol. The molecule has 4 heterocycles. The van der Waals surface area contributed by atoms with Crippen molar-refractivity contribution < 1.29 is 14.0 Å². The number of hydrogen-bond donors (Lipinski definition) is 2. The zero-order chi connectivity index (χ0) is 26.1. The summed E-state index contributed by atoms with van der Waals surface area (Å²) in [5.74, 6) is -0.975. The second-order valence-corrected chi connectivity index (χ2v) is 8.51. The third-order valence-electron chi connectivity index (χ3n) is 6.27. The van der Waals surface area contributed by atoms with E-state index in [0.717, 1.165) is 5.69 Å². The minimum atomic E-state index is -0.768. The van der Waals surface area contributed by atoms with E-state index in [1.807, 2.05) is 6.07 Å². The Labute approximate surface area is 210 Å². The fraction of sp³-hybridized carbons (Fsp3) is 0.154. The first kappa shape index (κ1) is 23.6. The van der Waals surface area contributed by atoms with Crippen LogP contribution in [0.3, 0.4) is 0 Å². The van der Waals surface area contributed by atoms with Crippen molar-refractivity contribution in [2.45, 2.75) is 12.3 Å². The molecule has 0 saturated carbocycles. The summed E-state index contributed by atoms with van der Waals surface area (Å²) in [6.07, 6.45) is 4.95. The highest BCUT2D eigenvalue weighted by molar-refractivity contribution is 6.04. The molecule has 11 heteroatoms. The SMILES string of the molecule is C=CC(=O)N1CCC(c2nc(-c3ccc(C(=O)Nc4cc(C#N)ccn4)c(F)c3)n3c(N)nccc23)C1. The zero-order valence-corrected chi connectivity index (χ0v) is 19.6. The third kappa shape index (κ3) is 4.36. The number of halogens is 1. The first-order valence-electron chi connectivity index (χ1n) is 11.4. The molecular weight excluding hydrogens is 475 g/mol. The van der Waals surface area contributed by atoms with Gasteiger partial charge in [-0.3, -0.25) is 14.0 Å². The molecule has 3 aromatic heterocycles. The molecule has 1 aromatic carbocycles. The van der Waals surface area contributed by atoms with E-state index in [-0.39, 0.29) is 29.2 Å². The van der Waals surface area contributed by atoms with Gasteiger partial charge in [-0.2, -0.15) is 5.26 Å². The van der Waals surface area contributed by atoms with Crippen LogP contribution in [0.25, 0.3) is 16.9 Å². The molecule has 0 radical (unpaired) electrons. The molecule has 3 N–H and O–H groups in total. The molecule has 0 aliphatic carbocycles. The monoisotopic (exact) mass is 496 g/mol. The van der Waals surface area contributed by atoms with Crippen LogP contribution in [0.2, 0.25) is 0 Å². The minimum absolute atomic E-state index is 0.0407. The molecule has 1 saturated heterocycles. The van der Waals surface area contributed by atoms with E-state index in [1.165, 1.54) is 36.5 Å². The maximum absolute atomic E-state index is 15.2. The number of nitrogen functional groups attached to an aromatic ring is 1. The number of imidazole rings is 1. The normalized spacial score (nSPS) is 14.9. The van der Waals surface area contributed by atoms with Gasteiger partial charge in [-0.1, -0.05) is 12.6 Å². The van der Waals surface area contributed by atoms with Crippen molar-refractivity contribution >= 4 is 29.1 Å². The summed E-state index contributed by atoms with van der Waals surface area (Å²) in [7, 11) is 0. The van der Waals surface area contributed by atoms with Crippen LogP contribution in [0.15, 0.2) is 61.4 Å². The number of nitrogens with two attached hydrogens (primary N) is 1. The molecule has 37 heavy (non-hydrogen) atoms. The van der Waals surface area contributed by atoms with Crippen molar-refractivity contribution in [2.75, 3.05) is 24.1 Å². The minimum Gasteiger partial charge on any atom is -0.369 e. The van der Waals surface area contributed by atoms with E-state index in [2.05, 4.69) is 21.9 Å². The quantitative estimate of drug-likeness (QED) is 0.404. The number of carbonyl (C=O) groups excluding carboxylic acids is 2. The standard InChI is InChI=1S/C26H21FN8O2/c1-2-22(36)34-10-7-17(14-34)23-20-6-9-31-26(29)35(20)24(33-23)16-3-4-18(19(27)12-16)25(37)32-21-11-15(13-28)5-8-30-21/h2-6,8-9,11-12,17H,1,7,10,14H2,(H2,29,31)(H,30,32,37). The number of nitrogens with one attached hydrogen (secondary N) is 1. The van der Waals surface area contributed by atoms with Gasteiger partial charge in [0.2, 0.25) is 11.9 Å². The molecule has 184 valence electrons. The Morgan fingerprint density at radius 3 is 2.78 bits per heavy atom. The van der Waals surface area contributed by atoms with Crippen LogP contribution in [0.4, 0.5) is 16.2 Å². The van der Waals surface area contributed by atoms with E-state index in [4.69, 9.17) is 16.0 Å². The number of aromatic nitrogens is 4. The number of carbonyl (C=O) groups is 2. The second-order valence-electron chi connectivity index (χ2n) is 8.51. The first-order valence-corrected chi connectivity index (χ1v) is 11.4. The van der Waals surface area contributed by atoms with Gasteiger partial charge in [0, 0.05) is 37.0 Å². The Balaban J connectivity index is 1.48. The van der Waals surface area contributed by atoms with Gasteiger partial charge in [0.25, 0.3) is 5.91 Å². The molecule has 1 unspecified atom stereocenters. The highest BCUT2D eigenvalue weighted by Crippen LogP contribution is 2.34. The second kappa shape index (κ2) is 9.50. The van der Waals surface area contributed by atoms with Crippen LogP contribution in [-0.4, -0.2) is 49.2 Å². The van der Waals surface area contributed by atoms with Crippen LogP contribution in [0.5, 0.6) is 0 Å². The fourth-order valence-electron chi connectivity index (χ4n) is 4.48. The number of likely N-dealkylation sites (tertiary alicyclic amines) is 1. The number of hydrogen-bond acceptors (Lipinski definition) is 7. The van der Waals surface area contributed by atoms with Crippen LogP contribution in [0, 0.1) is 17.1 Å². The van der Waals surface area contributed by atoms with Crippen LogP contribution in [-0.2, 0) is 4.79 Å². The van der Waals surface area contributed by atoms with E-state index in [9.17, 15) is 9.59 Å². The number of anilines is 2. The van der Waals surface area contributed by atoms with E-state index in [1.54, 1.807) is 27.6 Å². The Bertz CT molecular complexity index is 1610. The summed E-state index contributed by atoms with van der Waals surface area (Å²) in [5.41, 5.74) is 8.13. The summed E-state index contributed by atoms with van der Waals surface area (Å²) in [6.45, 7) is 4.61. The van der Waals surface area contributed by atoms with Gasteiger partial charge in [-0.15, -0.1) is 0 Å². The van der Waals surface area contributed by atoms with Gasteiger partial charge in [-0.05, 0) is 42.8 Å². The third-order valence-corrected chi connectivity index (χ3v) is 6.27. The average Bonchev–Trinajstić information content (AvgIpc) is 3.54. The lowest BCUT2D eigenvalue weighted by atomic mass is 10.0. The van der Waals surface area contributed by atoms with Crippen molar-refractivity contribution in [3.05, 3.63) is 84.1 Å². The number of nitriles is 1. The highest BCUT2D eigenvalue weighted by atomic mass is 19.1. The maximum Gasteiger partial charge on any atom is 0.259 e. The molecule has 1 atom stereocenters. The average molecular weight is 497 g/mol. The molecule has 2 amide bonds. The number of fused-ring (bicyclic) bond motifs is 1. The van der Waals surface area contributed by atoms with Crippen molar-refractivity contribution in [1.82, 2.24) is 24.3 Å². The van der Waals surface area contributed by atoms with Crippen molar-refractivity contribution in [3.8, 4) is 17.5 Å². The summed E-state index contributed by atoms with van der Waals surface area (Å²) in [5, 5.41) is 11.5. The molecule has 4 aromatic rings. The molecule has 0 spiro atoms. The number of benzene rings is 1. The lowest BCUT2D eigenvalue weighted by molar-refractivity contribution is -0.125. The topological polar surface area (TPSA) is 142 Å². The number of rotatable bonds is 5. The van der Waals surface area contributed by atoms with Crippen LogP contribution in [0.1, 0.15) is 34.0 Å². The van der Waals surface area contributed by atoms with Gasteiger partial charge in [0.05, 0.1) is 28.4 Å². The molecule has 10 nitrogen and oxygen atoms in total. The lowest BCUT2D eigenvalue weighted by Crippen LogP contribution is -2.26. The molecule has 0 bridgehead atoms. The van der Waals surface area contributed by atoms with E-state index >= 15 is 4.39 Å². The molecule has 1 aliphatic heterocycles. The smallest absolute Gasteiger partial charge is 0.259 e. The molecular formula is C26H21FN8O2. The van der Waals surface area contributed by atoms with Crippen molar-refractivity contribution in [2.24, 2.45) is 0 Å². The summed E-state index contributed by atoms with van der Waals surface area (Å²) in [6, 6.07) is 10.8. The van der Waals surface area contributed by atoms with E-state index in [0.29, 0.717) is 42.0 Å². The van der Waals surface area contributed by atoms with Crippen molar-refractivity contribution in [3.63, 3.8) is 0 Å². The number of nitrogens with zero attached hydrogens (tertiary/aromatic N) is 6. The van der Waals surface area contributed by atoms with E-state index < -0.39 is 11.7 Å². The Hall–Kier alpha value is -5.11. The van der Waals surface area contributed by atoms with Gasteiger partial charge < -0.3 is 16.0 Å². The fourth-order valence-corrected chi connectivity index (χ4v) is 4.48. The molecule has 5 rings (SSSR count). The molecule has 1 fully saturated rings. The maximum atomic E-state index is 15.2. The first-order chi connectivity index (χ1) is 17.9. The summed E-state index contributed by atoms with van der Waals surface area (Å²) in [4.78, 5) is 39.4. The predicted octanol–water partition coefficient (Wildman–Crippen LogP) is 3.14. The van der Waals surface area contributed by atoms with Gasteiger partial charge in [0.1, 0.15) is 17.5 Å². The number of amides is 2. The zero-order valence-electron chi connectivity index (χ0n) is 19.6. The lowest BCUT2D eigenvalue weighted by Gasteiger charge is -2.13. The Morgan fingerprint density at radius 2 is 2.03 bits per heavy atom. The Morgan fingerprint density at radius 1 is 1.22 bits per heavy atom. The molecule has 1 aliphatic rings. The summed E-state index contributed by atoms with van der Waals surface area (Å²) < 4.78 is 16.8.